The van der Waals surface area contributed by atoms with Crippen molar-refractivity contribution in [2.45, 2.75) is 30.9 Å². The van der Waals surface area contributed by atoms with Gasteiger partial charge in [0, 0.05) is 40.5 Å². The Bertz CT molecular complexity index is 996. The van der Waals surface area contributed by atoms with Crippen LogP contribution < -0.4 is 5.32 Å². The van der Waals surface area contributed by atoms with Gasteiger partial charge in [0.25, 0.3) is 0 Å². The van der Waals surface area contributed by atoms with E-state index in [1.54, 1.807) is 4.91 Å². The number of aliphatic imine (C=N–C) groups is 1. The molecule has 1 aliphatic carbocycles. The first-order chi connectivity index (χ1) is 12.7. The number of allylic oxidation sites excluding steroid dienone is 3. The van der Waals surface area contributed by atoms with E-state index in [4.69, 9.17) is 4.99 Å². The number of thiol groups is 1. The Morgan fingerprint density at radius 3 is 3.12 bits per heavy atom. The maximum atomic E-state index is 5.00. The molecule has 5 rings (SSSR count). The largest absolute Gasteiger partial charge is 0.312 e. The Hall–Kier alpha value is -2.11. The van der Waals surface area contributed by atoms with Gasteiger partial charge in [0.1, 0.15) is 0 Å². The van der Waals surface area contributed by atoms with E-state index >= 15 is 0 Å². The number of H-pyrrole nitrogens is 1. The van der Waals surface area contributed by atoms with E-state index in [9.17, 15) is 0 Å². The lowest BCUT2D eigenvalue weighted by Crippen LogP contribution is -2.35. The molecule has 0 saturated carbocycles. The lowest BCUT2D eigenvalue weighted by Gasteiger charge is -2.45. The van der Waals surface area contributed by atoms with Gasteiger partial charge in [-0.1, -0.05) is 36.4 Å². The molecular formula is C21H24N4S. The number of nitrogens with zero attached hydrogens (tertiary/aromatic N) is 2. The normalized spacial score (nSPS) is 32.2. The number of fused-ring (bicyclic) bond motifs is 1. The van der Waals surface area contributed by atoms with Gasteiger partial charge in [0.2, 0.25) is 0 Å². The smallest absolute Gasteiger partial charge is 0.0653 e. The summed E-state index contributed by atoms with van der Waals surface area (Å²) in [6, 6.07) is 6.50. The van der Waals surface area contributed by atoms with Gasteiger partial charge in [0.05, 0.1) is 22.5 Å². The van der Waals surface area contributed by atoms with Crippen LogP contribution in [-0.2, 0) is 0 Å². The molecule has 134 valence electrons. The quantitative estimate of drug-likeness (QED) is 0.701. The van der Waals surface area contributed by atoms with Crippen LogP contribution in [0.3, 0.4) is 0 Å². The Morgan fingerprint density at radius 2 is 2.19 bits per heavy atom. The fraction of sp³-hybridized carbons (Fsp3) is 0.333. The number of aromatic nitrogens is 2. The van der Waals surface area contributed by atoms with Crippen LogP contribution in [0.25, 0.3) is 10.9 Å². The summed E-state index contributed by atoms with van der Waals surface area (Å²) in [7, 11) is -0.469. The highest BCUT2D eigenvalue weighted by molar-refractivity contribution is 8.34. The summed E-state index contributed by atoms with van der Waals surface area (Å²) in [6.45, 7) is 6.68. The molecule has 0 saturated heterocycles. The maximum absolute atomic E-state index is 5.00. The molecule has 0 amide bonds. The number of aromatic amines is 1. The highest BCUT2D eigenvalue weighted by Gasteiger charge is 2.44. The van der Waals surface area contributed by atoms with Crippen molar-refractivity contribution in [1.29, 1.82) is 0 Å². The molecule has 1 aromatic carbocycles. The molecule has 3 heterocycles. The molecule has 0 bridgehead atoms. The molecule has 26 heavy (non-hydrogen) atoms. The first kappa shape index (κ1) is 16.1. The van der Waals surface area contributed by atoms with Crippen molar-refractivity contribution in [1.82, 2.24) is 15.5 Å². The number of rotatable bonds is 2. The average molecular weight is 365 g/mol. The molecule has 0 spiro atoms. The monoisotopic (exact) mass is 364 g/mol. The Labute approximate surface area is 156 Å². The molecule has 0 fully saturated rings. The van der Waals surface area contributed by atoms with Crippen LogP contribution in [0.15, 0.2) is 64.3 Å². The third-order valence-electron chi connectivity index (χ3n) is 5.87. The minimum atomic E-state index is -0.469. The van der Waals surface area contributed by atoms with E-state index in [0.717, 1.165) is 25.0 Å². The Morgan fingerprint density at radius 1 is 1.27 bits per heavy atom. The number of hydrogen-bond donors (Lipinski definition) is 3. The van der Waals surface area contributed by atoms with Gasteiger partial charge < -0.3 is 5.32 Å². The van der Waals surface area contributed by atoms with Gasteiger partial charge in [-0.25, -0.2) is 0 Å². The topological polar surface area (TPSA) is 53.1 Å². The average Bonchev–Trinajstić information content (AvgIpc) is 3.25. The molecule has 2 aliphatic heterocycles. The van der Waals surface area contributed by atoms with Crippen LogP contribution in [0.5, 0.6) is 0 Å². The second kappa shape index (κ2) is 5.96. The van der Waals surface area contributed by atoms with Crippen molar-refractivity contribution < 1.29 is 0 Å². The Kier molecular flexibility index (Phi) is 3.69. The highest BCUT2D eigenvalue weighted by Crippen LogP contribution is 2.61. The zero-order valence-electron chi connectivity index (χ0n) is 15.2. The first-order valence-electron chi connectivity index (χ1n) is 9.25. The van der Waals surface area contributed by atoms with Gasteiger partial charge >= 0.3 is 0 Å². The van der Waals surface area contributed by atoms with Gasteiger partial charge in [-0.3, -0.25) is 10.1 Å². The van der Waals surface area contributed by atoms with Crippen molar-refractivity contribution in [3.8, 4) is 0 Å². The zero-order chi connectivity index (χ0) is 17.7. The number of nitrogens with one attached hydrogen (secondary N) is 2. The summed E-state index contributed by atoms with van der Waals surface area (Å²) in [5.74, 6) is 0.318. The fourth-order valence-electron chi connectivity index (χ4n) is 4.69. The van der Waals surface area contributed by atoms with Gasteiger partial charge in [0.15, 0.2) is 0 Å². The summed E-state index contributed by atoms with van der Waals surface area (Å²) in [5.41, 5.74) is 3.81. The van der Waals surface area contributed by atoms with Crippen LogP contribution >= 0.6 is 10.9 Å². The van der Waals surface area contributed by atoms with Crippen LogP contribution in [0.1, 0.15) is 31.7 Å². The minimum Gasteiger partial charge on any atom is -0.312 e. The fourth-order valence-corrected chi connectivity index (χ4v) is 8.01. The molecule has 3 atom stereocenters. The number of benzene rings is 1. The molecule has 2 N–H and O–H groups in total. The van der Waals surface area contributed by atoms with Crippen molar-refractivity contribution in [2.75, 3.05) is 13.1 Å². The van der Waals surface area contributed by atoms with Crippen LogP contribution in [0, 0.1) is 0 Å². The van der Waals surface area contributed by atoms with E-state index in [-0.39, 0.29) is 4.75 Å². The molecule has 0 radical (unpaired) electrons. The summed E-state index contributed by atoms with van der Waals surface area (Å²) < 4.78 is 0.0271. The van der Waals surface area contributed by atoms with Crippen molar-refractivity contribution in [3.63, 3.8) is 0 Å². The van der Waals surface area contributed by atoms with Crippen molar-refractivity contribution >= 4 is 26.8 Å². The third-order valence-corrected chi connectivity index (χ3v) is 8.96. The second-order valence-electron chi connectivity index (χ2n) is 7.44. The van der Waals surface area contributed by atoms with E-state index in [0.29, 0.717) is 5.92 Å². The second-order valence-corrected chi connectivity index (χ2v) is 10.3. The summed E-state index contributed by atoms with van der Waals surface area (Å²) in [5, 5.41) is 13.5. The minimum absolute atomic E-state index is 0.0271. The van der Waals surface area contributed by atoms with Crippen LogP contribution in [0.2, 0.25) is 0 Å². The first-order valence-corrected chi connectivity index (χ1v) is 10.6. The summed E-state index contributed by atoms with van der Waals surface area (Å²) in [6.07, 6.45) is 12.2. The van der Waals surface area contributed by atoms with Gasteiger partial charge in [-0.15, -0.1) is 0 Å². The SMILES string of the molecule is CC1=NC2=C(CNCC2)[SH]1C1(C)C=CC=CC1c1cccc2[nH]ncc12. The molecule has 3 unspecified atom stereocenters. The van der Waals surface area contributed by atoms with Crippen molar-refractivity contribution in [3.05, 3.63) is 64.9 Å². The molecule has 2 aromatic rings. The van der Waals surface area contributed by atoms with Gasteiger partial charge in [-0.05, 0) is 25.5 Å². The third kappa shape index (κ3) is 2.27. The molecule has 3 aliphatic rings. The molecule has 4 nitrogen and oxygen atoms in total. The van der Waals surface area contributed by atoms with E-state index in [2.05, 4.69) is 71.9 Å². The Balaban J connectivity index is 1.66. The lowest BCUT2D eigenvalue weighted by molar-refractivity contribution is 0.677. The molecule has 5 heteroatoms. The molecular weight excluding hydrogens is 340 g/mol. The standard InChI is InChI=1S/C21H24N4S/c1-14-24-19-9-11-22-13-20(19)26(14)21(2)10-4-3-7-17(21)15-6-5-8-18-16(15)12-23-25-18/h3-8,10,12,17,22,26H,9,11,13H2,1-2H3,(H,23,25). The summed E-state index contributed by atoms with van der Waals surface area (Å²) in [4.78, 5) is 6.55. The van der Waals surface area contributed by atoms with Gasteiger partial charge in [-0.2, -0.15) is 16.0 Å². The predicted octanol–water partition coefficient (Wildman–Crippen LogP) is 4.17. The van der Waals surface area contributed by atoms with Crippen molar-refractivity contribution in [2.24, 2.45) is 4.99 Å². The lowest BCUT2D eigenvalue weighted by atomic mass is 9.82. The van der Waals surface area contributed by atoms with Crippen LogP contribution in [-0.4, -0.2) is 33.1 Å². The highest BCUT2D eigenvalue weighted by atomic mass is 32.2. The van der Waals surface area contributed by atoms with E-state index in [1.165, 1.54) is 21.7 Å². The van der Waals surface area contributed by atoms with Crippen LogP contribution in [0.4, 0.5) is 0 Å². The summed E-state index contributed by atoms with van der Waals surface area (Å²) >= 11 is 0. The van der Waals surface area contributed by atoms with E-state index in [1.807, 2.05) is 6.20 Å². The predicted molar refractivity (Wildman–Crippen MR) is 112 cm³/mol. The number of hydrogen-bond acceptors (Lipinski definition) is 3. The van der Waals surface area contributed by atoms with E-state index < -0.39 is 10.9 Å². The zero-order valence-corrected chi connectivity index (χ0v) is 16.1. The maximum Gasteiger partial charge on any atom is 0.0653 e. The molecule has 1 aromatic heterocycles.